The van der Waals surface area contributed by atoms with Crippen molar-refractivity contribution in [3.63, 3.8) is 0 Å². The number of benzene rings is 1. The molecule has 0 spiro atoms. The van der Waals surface area contributed by atoms with Crippen LogP contribution in [0.15, 0.2) is 18.2 Å². The van der Waals surface area contributed by atoms with Crippen molar-refractivity contribution >= 4 is 6.29 Å². The summed E-state index contributed by atoms with van der Waals surface area (Å²) < 4.78 is 25.2. The molecule has 56 valence electrons. The summed E-state index contributed by atoms with van der Waals surface area (Å²) in [5.74, 6) is -2.83. The summed E-state index contributed by atoms with van der Waals surface area (Å²) in [7, 11) is 0. The van der Waals surface area contributed by atoms with Crippen LogP contribution >= 0.6 is 0 Å². The molecule has 11 heavy (non-hydrogen) atoms. The lowest BCUT2D eigenvalue weighted by Crippen LogP contribution is -1.87. The second-order valence-corrected chi connectivity index (χ2v) is 2.46. The summed E-state index contributed by atoms with van der Waals surface area (Å²) in [5.41, 5.74) is -0.00963. The largest absolute Gasteiger partial charge is 0.300 e. The minimum absolute atomic E-state index is 0.0119. The lowest BCUT2D eigenvalue weighted by molar-refractivity contribution is 0.0965. The lowest BCUT2D eigenvalue weighted by atomic mass is 10.2. The molecule has 0 unspecified atom stereocenters. The fourth-order valence-electron chi connectivity index (χ4n) is 1.21. The molecule has 0 amide bonds. The number of carbonyl (C=O) groups is 1. The van der Waals surface area contributed by atoms with Crippen LogP contribution in [0.5, 0.6) is 0 Å². The lowest BCUT2D eigenvalue weighted by Gasteiger charge is -1.86. The van der Waals surface area contributed by atoms with Crippen molar-refractivity contribution in [3.05, 3.63) is 34.9 Å². The monoisotopic (exact) mass is 154 g/mol. The van der Waals surface area contributed by atoms with Gasteiger partial charge in [0, 0.05) is 16.7 Å². The van der Waals surface area contributed by atoms with Gasteiger partial charge in [-0.25, -0.2) is 0 Å². The Morgan fingerprint density at radius 2 is 2.09 bits per heavy atom. The van der Waals surface area contributed by atoms with Gasteiger partial charge in [0.2, 0.25) is 0 Å². The third-order valence-electron chi connectivity index (χ3n) is 1.81. The minimum atomic E-state index is -2.83. The Morgan fingerprint density at radius 3 is 2.64 bits per heavy atom. The van der Waals surface area contributed by atoms with Crippen LogP contribution in [0.2, 0.25) is 0 Å². The minimum Gasteiger partial charge on any atom is -0.298 e. The molecule has 3 heteroatoms. The van der Waals surface area contributed by atoms with Gasteiger partial charge in [0.15, 0.2) is 6.29 Å². The molecule has 0 bridgehead atoms. The molecule has 0 heterocycles. The summed E-state index contributed by atoms with van der Waals surface area (Å²) in [6.45, 7) is 0. The molecule has 1 nitrogen and oxygen atoms in total. The van der Waals surface area contributed by atoms with Gasteiger partial charge in [-0.2, -0.15) is 8.78 Å². The molecule has 0 saturated carbocycles. The highest BCUT2D eigenvalue weighted by atomic mass is 19.3. The molecule has 0 atom stereocenters. The van der Waals surface area contributed by atoms with Crippen molar-refractivity contribution in [2.75, 3.05) is 0 Å². The molecule has 0 aromatic heterocycles. The number of halogens is 2. The Kier molecular flexibility index (Phi) is 0.980. The zero-order valence-corrected chi connectivity index (χ0v) is 5.47. The molecule has 1 aliphatic carbocycles. The SMILES string of the molecule is O=Cc1cccc2c1C2(F)F. The van der Waals surface area contributed by atoms with Gasteiger partial charge in [-0.15, -0.1) is 0 Å². The van der Waals surface area contributed by atoms with Crippen LogP contribution in [-0.4, -0.2) is 6.29 Å². The van der Waals surface area contributed by atoms with E-state index in [4.69, 9.17) is 0 Å². The Hall–Kier alpha value is -1.25. The van der Waals surface area contributed by atoms with E-state index in [-0.39, 0.29) is 16.7 Å². The van der Waals surface area contributed by atoms with Crippen molar-refractivity contribution in [1.82, 2.24) is 0 Å². The summed E-state index contributed by atoms with van der Waals surface area (Å²) in [5, 5.41) is 0. The number of alkyl halides is 2. The summed E-state index contributed by atoms with van der Waals surface area (Å²) in [4.78, 5) is 10.2. The maximum atomic E-state index is 12.6. The van der Waals surface area contributed by atoms with Gasteiger partial charge >= 0.3 is 0 Å². The first kappa shape index (κ1) is 6.46. The van der Waals surface area contributed by atoms with E-state index in [0.29, 0.717) is 6.29 Å². The highest BCUT2D eigenvalue weighted by Crippen LogP contribution is 2.53. The number of hydrogen-bond acceptors (Lipinski definition) is 1. The first-order chi connectivity index (χ1) is 5.18. The molecule has 0 aliphatic heterocycles. The van der Waals surface area contributed by atoms with Gasteiger partial charge in [0.05, 0.1) is 0 Å². The van der Waals surface area contributed by atoms with Crippen molar-refractivity contribution in [3.8, 4) is 0 Å². The summed E-state index contributed by atoms with van der Waals surface area (Å²) in [6, 6.07) is 4.19. The molecular weight excluding hydrogens is 150 g/mol. The van der Waals surface area contributed by atoms with Gasteiger partial charge in [-0.1, -0.05) is 18.2 Å². The molecule has 1 aromatic carbocycles. The van der Waals surface area contributed by atoms with E-state index in [9.17, 15) is 13.6 Å². The normalized spacial score (nSPS) is 17.3. The number of carbonyl (C=O) groups excluding carboxylic acids is 1. The van der Waals surface area contributed by atoms with Crippen molar-refractivity contribution in [2.24, 2.45) is 0 Å². The molecule has 2 rings (SSSR count). The third-order valence-corrected chi connectivity index (χ3v) is 1.81. The molecule has 0 N–H and O–H groups in total. The van der Waals surface area contributed by atoms with Crippen LogP contribution < -0.4 is 0 Å². The molecule has 0 fully saturated rings. The molecule has 1 aliphatic rings. The van der Waals surface area contributed by atoms with E-state index in [0.717, 1.165) is 0 Å². The number of hydrogen-bond donors (Lipinski definition) is 0. The summed E-state index contributed by atoms with van der Waals surface area (Å²) in [6.07, 6.45) is 0.458. The second kappa shape index (κ2) is 1.67. The van der Waals surface area contributed by atoms with Crippen LogP contribution in [0.3, 0.4) is 0 Å². The molecule has 0 saturated heterocycles. The van der Waals surface area contributed by atoms with E-state index < -0.39 is 5.92 Å². The average Bonchev–Trinajstić information content (AvgIpc) is 2.56. The van der Waals surface area contributed by atoms with E-state index in [1.165, 1.54) is 18.2 Å². The van der Waals surface area contributed by atoms with Gasteiger partial charge in [-0.3, -0.25) is 4.79 Å². The van der Waals surface area contributed by atoms with Gasteiger partial charge in [0.1, 0.15) is 0 Å². The van der Waals surface area contributed by atoms with Crippen molar-refractivity contribution in [1.29, 1.82) is 0 Å². The third kappa shape index (κ3) is 0.651. The van der Waals surface area contributed by atoms with Crippen LogP contribution in [0.1, 0.15) is 21.5 Å². The van der Waals surface area contributed by atoms with E-state index in [1.54, 1.807) is 0 Å². The average molecular weight is 154 g/mol. The van der Waals surface area contributed by atoms with Crippen LogP contribution in [0.4, 0.5) is 8.78 Å². The topological polar surface area (TPSA) is 17.1 Å². The molecule has 0 radical (unpaired) electrons. The van der Waals surface area contributed by atoms with Crippen LogP contribution in [0.25, 0.3) is 0 Å². The predicted molar refractivity (Wildman–Crippen MR) is 34.8 cm³/mol. The fraction of sp³-hybridized carbons (Fsp3) is 0.125. The first-order valence-electron chi connectivity index (χ1n) is 3.15. The quantitative estimate of drug-likeness (QED) is 0.565. The van der Waals surface area contributed by atoms with Crippen LogP contribution in [0, 0.1) is 0 Å². The van der Waals surface area contributed by atoms with Gasteiger partial charge in [-0.05, 0) is 0 Å². The highest BCUT2D eigenvalue weighted by molar-refractivity contribution is 5.83. The maximum Gasteiger partial charge on any atom is 0.300 e. The number of rotatable bonds is 1. The number of aldehydes is 1. The smallest absolute Gasteiger partial charge is 0.298 e. The Bertz CT molecular complexity index is 331. The first-order valence-corrected chi connectivity index (χ1v) is 3.15. The molecular formula is C8H4F2O. The molecule has 1 aromatic rings. The van der Waals surface area contributed by atoms with Crippen LogP contribution in [-0.2, 0) is 5.92 Å². The Balaban J connectivity index is 2.61. The van der Waals surface area contributed by atoms with E-state index >= 15 is 0 Å². The van der Waals surface area contributed by atoms with Crippen molar-refractivity contribution in [2.45, 2.75) is 5.92 Å². The Labute approximate surface area is 61.6 Å². The summed E-state index contributed by atoms with van der Waals surface area (Å²) >= 11 is 0. The van der Waals surface area contributed by atoms with Crippen molar-refractivity contribution < 1.29 is 13.6 Å². The zero-order valence-electron chi connectivity index (χ0n) is 5.47. The van der Waals surface area contributed by atoms with Gasteiger partial charge < -0.3 is 0 Å². The Morgan fingerprint density at radius 1 is 1.36 bits per heavy atom. The predicted octanol–water partition coefficient (Wildman–Crippen LogP) is 1.95. The standard InChI is InChI=1S/C8H4F2O/c9-8(10)6-3-1-2-5(4-11)7(6)8/h1-4H. The second-order valence-electron chi connectivity index (χ2n) is 2.46. The zero-order chi connectivity index (χ0) is 8.06. The maximum absolute atomic E-state index is 12.6. The number of fused-ring (bicyclic) bond motifs is 1. The van der Waals surface area contributed by atoms with E-state index in [2.05, 4.69) is 0 Å². The fourth-order valence-corrected chi connectivity index (χ4v) is 1.21. The highest BCUT2D eigenvalue weighted by Gasteiger charge is 2.54. The van der Waals surface area contributed by atoms with Gasteiger partial charge in [0.25, 0.3) is 5.92 Å². The van der Waals surface area contributed by atoms with E-state index in [1.807, 2.05) is 0 Å².